The first kappa shape index (κ1) is 14.1. The molecule has 0 radical (unpaired) electrons. The van der Waals surface area contributed by atoms with Gasteiger partial charge in [-0.2, -0.15) is 0 Å². The molecule has 0 unspecified atom stereocenters. The zero-order chi connectivity index (χ0) is 17.1. The van der Waals surface area contributed by atoms with Crippen molar-refractivity contribution in [2.75, 3.05) is 0 Å². The van der Waals surface area contributed by atoms with Crippen LogP contribution in [-0.2, 0) is 12.8 Å². The molecule has 6 rings (SSSR count). The van der Waals surface area contributed by atoms with Gasteiger partial charge in [0.2, 0.25) is 0 Å². The summed E-state index contributed by atoms with van der Waals surface area (Å²) in [6.45, 7) is 0. The van der Waals surface area contributed by atoms with E-state index < -0.39 is 0 Å². The number of fused-ring (bicyclic) bond motifs is 6. The molecule has 4 aromatic carbocycles. The van der Waals surface area contributed by atoms with Crippen LogP contribution in [0.25, 0.3) is 33.4 Å². The van der Waals surface area contributed by atoms with E-state index in [0.717, 1.165) is 12.8 Å². The highest BCUT2D eigenvalue weighted by atomic mass is 14.2. The molecule has 2 aliphatic rings. The molecule has 2 aliphatic carbocycles. The van der Waals surface area contributed by atoms with Crippen LogP contribution in [-0.4, -0.2) is 0 Å². The van der Waals surface area contributed by atoms with Gasteiger partial charge < -0.3 is 0 Å². The van der Waals surface area contributed by atoms with Crippen LogP contribution in [0, 0.1) is 0 Å². The molecule has 0 heteroatoms. The van der Waals surface area contributed by atoms with E-state index in [-0.39, 0.29) is 0 Å². The van der Waals surface area contributed by atoms with Crippen molar-refractivity contribution in [1.82, 2.24) is 0 Å². The fraction of sp³-hybridized carbons (Fsp3) is 0.0769. The van der Waals surface area contributed by atoms with Crippen molar-refractivity contribution in [3.8, 4) is 33.4 Å². The Bertz CT molecular complexity index is 1090. The van der Waals surface area contributed by atoms with Crippen molar-refractivity contribution in [3.05, 3.63) is 107 Å². The summed E-state index contributed by atoms with van der Waals surface area (Å²) in [4.78, 5) is 0. The van der Waals surface area contributed by atoms with Crippen molar-refractivity contribution in [3.63, 3.8) is 0 Å². The van der Waals surface area contributed by atoms with Gasteiger partial charge in [-0.15, -0.1) is 0 Å². The lowest BCUT2D eigenvalue weighted by Gasteiger charge is -2.08. The molecule has 0 atom stereocenters. The number of hydrogen-bond acceptors (Lipinski definition) is 0. The van der Waals surface area contributed by atoms with Crippen LogP contribution in [0.4, 0.5) is 0 Å². The van der Waals surface area contributed by atoms with E-state index in [1.54, 1.807) is 0 Å². The van der Waals surface area contributed by atoms with Crippen LogP contribution < -0.4 is 0 Å². The summed E-state index contributed by atoms with van der Waals surface area (Å²) >= 11 is 0. The molecule has 0 aromatic heterocycles. The first-order chi connectivity index (χ1) is 12.9. The van der Waals surface area contributed by atoms with Crippen molar-refractivity contribution in [2.24, 2.45) is 0 Å². The lowest BCUT2D eigenvalue weighted by molar-refractivity contribution is 1.26. The maximum Gasteiger partial charge on any atom is -0.00132 e. The second-order valence-corrected chi connectivity index (χ2v) is 7.41. The molecular formula is C26H18. The standard InChI is InChI=1S/C26H18/c1-3-7-23-19(5-1)15-21-13-17(9-11-25(21)23)18-10-12-26-22(14-18)16-20-6-2-4-8-24(20)26/h1-14H,15-16H2. The Labute approximate surface area is 153 Å². The lowest BCUT2D eigenvalue weighted by Crippen LogP contribution is -1.86. The fourth-order valence-corrected chi connectivity index (χ4v) is 4.65. The predicted molar refractivity (Wildman–Crippen MR) is 108 cm³/mol. The van der Waals surface area contributed by atoms with Crippen molar-refractivity contribution < 1.29 is 0 Å². The van der Waals surface area contributed by atoms with Crippen LogP contribution in [0.1, 0.15) is 22.3 Å². The summed E-state index contributed by atoms with van der Waals surface area (Å²) < 4.78 is 0. The number of benzene rings is 4. The average Bonchev–Trinajstić information content (AvgIpc) is 3.24. The van der Waals surface area contributed by atoms with E-state index in [2.05, 4.69) is 84.9 Å². The molecule has 122 valence electrons. The van der Waals surface area contributed by atoms with Gasteiger partial charge in [-0.25, -0.2) is 0 Å². The smallest absolute Gasteiger partial charge is 0.00132 e. The number of hydrogen-bond donors (Lipinski definition) is 0. The van der Waals surface area contributed by atoms with E-state index >= 15 is 0 Å². The minimum atomic E-state index is 1.05. The second kappa shape index (κ2) is 5.19. The topological polar surface area (TPSA) is 0 Å². The molecular weight excluding hydrogens is 312 g/mol. The first-order valence-corrected chi connectivity index (χ1v) is 9.29. The molecule has 0 aliphatic heterocycles. The zero-order valence-electron chi connectivity index (χ0n) is 14.5. The predicted octanol–water partition coefficient (Wildman–Crippen LogP) is 6.50. The Morgan fingerprint density at radius 2 is 0.808 bits per heavy atom. The van der Waals surface area contributed by atoms with Gasteiger partial charge >= 0.3 is 0 Å². The Balaban J connectivity index is 1.42. The SMILES string of the molecule is c1ccc2c(c1)Cc1cc(-c3ccc4c(c3)Cc3ccccc3-4)ccc1-2. The van der Waals surface area contributed by atoms with Crippen LogP contribution in [0.15, 0.2) is 84.9 Å². The molecule has 0 nitrogen and oxygen atoms in total. The fourth-order valence-electron chi connectivity index (χ4n) is 4.65. The largest absolute Gasteiger partial charge is 0.0619 e. The molecule has 0 fully saturated rings. The maximum absolute atomic E-state index is 2.39. The van der Waals surface area contributed by atoms with E-state index in [0.29, 0.717) is 0 Å². The van der Waals surface area contributed by atoms with Gasteiger partial charge in [0.05, 0.1) is 0 Å². The first-order valence-electron chi connectivity index (χ1n) is 9.29. The zero-order valence-corrected chi connectivity index (χ0v) is 14.5. The third kappa shape index (κ3) is 1.96. The Morgan fingerprint density at radius 3 is 1.31 bits per heavy atom. The summed E-state index contributed by atoms with van der Waals surface area (Å²) in [5.41, 5.74) is 14.1. The van der Waals surface area contributed by atoms with E-state index in [9.17, 15) is 0 Å². The molecule has 4 aromatic rings. The number of rotatable bonds is 1. The summed E-state index contributed by atoms with van der Waals surface area (Å²) in [5.74, 6) is 0. The van der Waals surface area contributed by atoms with Crippen LogP contribution in [0.3, 0.4) is 0 Å². The minimum absolute atomic E-state index is 1.05. The van der Waals surface area contributed by atoms with E-state index in [4.69, 9.17) is 0 Å². The second-order valence-electron chi connectivity index (χ2n) is 7.41. The Morgan fingerprint density at radius 1 is 0.385 bits per heavy atom. The third-order valence-corrected chi connectivity index (χ3v) is 5.92. The van der Waals surface area contributed by atoms with Gasteiger partial charge in [-0.3, -0.25) is 0 Å². The Kier molecular flexibility index (Phi) is 2.81. The quantitative estimate of drug-likeness (QED) is 0.323. The maximum atomic E-state index is 2.39. The molecule has 0 saturated heterocycles. The van der Waals surface area contributed by atoms with E-state index in [1.807, 2.05) is 0 Å². The summed E-state index contributed by atoms with van der Waals surface area (Å²) in [5, 5.41) is 0. The molecule has 0 bridgehead atoms. The van der Waals surface area contributed by atoms with Gasteiger partial charge in [0, 0.05) is 0 Å². The highest BCUT2D eigenvalue weighted by Gasteiger charge is 2.20. The van der Waals surface area contributed by atoms with Crippen molar-refractivity contribution in [1.29, 1.82) is 0 Å². The van der Waals surface area contributed by atoms with Gasteiger partial charge in [0.15, 0.2) is 0 Å². The minimum Gasteiger partial charge on any atom is -0.0619 e. The lowest BCUT2D eigenvalue weighted by atomic mass is 9.96. The molecule has 0 N–H and O–H groups in total. The van der Waals surface area contributed by atoms with E-state index in [1.165, 1.54) is 55.6 Å². The van der Waals surface area contributed by atoms with Crippen LogP contribution >= 0.6 is 0 Å². The van der Waals surface area contributed by atoms with Gasteiger partial charge in [0.25, 0.3) is 0 Å². The molecule has 0 spiro atoms. The molecule has 0 saturated carbocycles. The summed E-state index contributed by atoms with van der Waals surface area (Å²) in [7, 11) is 0. The molecule has 0 heterocycles. The molecule has 26 heavy (non-hydrogen) atoms. The van der Waals surface area contributed by atoms with Crippen molar-refractivity contribution >= 4 is 0 Å². The normalized spacial score (nSPS) is 13.1. The van der Waals surface area contributed by atoms with Crippen LogP contribution in [0.5, 0.6) is 0 Å². The third-order valence-electron chi connectivity index (χ3n) is 5.92. The highest BCUT2D eigenvalue weighted by Crippen LogP contribution is 2.41. The Hall–Kier alpha value is -3.12. The molecule has 0 amide bonds. The van der Waals surface area contributed by atoms with Crippen molar-refractivity contribution in [2.45, 2.75) is 12.8 Å². The van der Waals surface area contributed by atoms with Gasteiger partial charge in [-0.1, -0.05) is 84.9 Å². The van der Waals surface area contributed by atoms with Gasteiger partial charge in [0.1, 0.15) is 0 Å². The average molecular weight is 330 g/mol. The highest BCUT2D eigenvalue weighted by molar-refractivity contribution is 5.83. The summed E-state index contributed by atoms with van der Waals surface area (Å²) in [6.07, 6.45) is 2.10. The summed E-state index contributed by atoms with van der Waals surface area (Å²) in [6, 6.07) is 31.5. The van der Waals surface area contributed by atoms with Gasteiger partial charge in [-0.05, 0) is 68.5 Å². The monoisotopic (exact) mass is 330 g/mol. The van der Waals surface area contributed by atoms with Crippen LogP contribution in [0.2, 0.25) is 0 Å².